The lowest BCUT2D eigenvalue weighted by atomic mass is 10.1. The Bertz CT molecular complexity index is 915. The largest absolute Gasteiger partial charge is 0.367 e. The number of carbonyl (C=O) groups is 1. The molecule has 2 heterocycles. The number of para-hydroxylation sites is 2. The minimum absolute atomic E-state index is 0.0834. The van der Waals surface area contributed by atoms with Crippen LogP contribution >= 0.6 is 11.3 Å². The lowest BCUT2D eigenvalue weighted by Crippen LogP contribution is -2.46. The third kappa shape index (κ3) is 3.43. The summed E-state index contributed by atoms with van der Waals surface area (Å²) in [5.74, 6) is -0.0834. The Balaban J connectivity index is 1.53. The predicted molar refractivity (Wildman–Crippen MR) is 108 cm³/mol. The lowest BCUT2D eigenvalue weighted by Gasteiger charge is -2.36. The number of hydrogen-bond donors (Lipinski definition) is 1. The number of amides is 1. The molecule has 1 N–H and O–H groups in total. The summed E-state index contributed by atoms with van der Waals surface area (Å²) >= 11 is 1.55. The third-order valence-corrected chi connectivity index (χ3v) is 5.70. The van der Waals surface area contributed by atoms with E-state index >= 15 is 0 Å². The maximum Gasteiger partial charge on any atom is 0.255 e. The first-order chi connectivity index (χ1) is 12.7. The predicted octanol–water partition coefficient (Wildman–Crippen LogP) is 3.69. The summed E-state index contributed by atoms with van der Waals surface area (Å²) in [6, 6.07) is 13.7. The summed E-state index contributed by atoms with van der Waals surface area (Å²) in [4.78, 5) is 21.8. The van der Waals surface area contributed by atoms with Gasteiger partial charge in [-0.1, -0.05) is 19.1 Å². The van der Waals surface area contributed by atoms with E-state index in [1.165, 1.54) is 0 Å². The van der Waals surface area contributed by atoms with Gasteiger partial charge >= 0.3 is 0 Å². The van der Waals surface area contributed by atoms with Gasteiger partial charge in [-0.2, -0.15) is 0 Å². The first kappa shape index (κ1) is 17.0. The van der Waals surface area contributed by atoms with Crippen molar-refractivity contribution in [3.05, 3.63) is 53.5 Å². The lowest BCUT2D eigenvalue weighted by molar-refractivity contribution is 0.102. The number of hydrogen-bond acceptors (Lipinski definition) is 5. The van der Waals surface area contributed by atoms with Crippen molar-refractivity contribution >= 4 is 38.8 Å². The fourth-order valence-electron chi connectivity index (χ4n) is 3.35. The van der Waals surface area contributed by atoms with E-state index in [2.05, 4.69) is 33.1 Å². The minimum Gasteiger partial charge on any atom is -0.367 e. The number of nitrogens with zero attached hydrogens (tertiary/aromatic N) is 3. The number of thiazole rings is 1. The summed E-state index contributed by atoms with van der Waals surface area (Å²) < 4.78 is 1.03. The number of likely N-dealkylation sites (N-methyl/N-ethyl adjacent to an activating group) is 1. The zero-order valence-corrected chi connectivity index (χ0v) is 15.6. The van der Waals surface area contributed by atoms with Crippen LogP contribution in [0.15, 0.2) is 48.0 Å². The Morgan fingerprint density at radius 3 is 2.77 bits per heavy atom. The van der Waals surface area contributed by atoms with Gasteiger partial charge in [0.15, 0.2) is 0 Å². The van der Waals surface area contributed by atoms with E-state index in [1.54, 1.807) is 16.8 Å². The number of carbonyl (C=O) groups excluding carboxylic acids is 1. The standard InChI is InChI=1S/C20H22N4OS/c1-2-23-9-11-24(12-10-23)18-6-4-3-5-16(18)22-20(25)15-7-8-17-19(13-15)26-14-21-17/h3-8,13-14H,2,9-12H2,1H3,(H,22,25). The summed E-state index contributed by atoms with van der Waals surface area (Å²) in [7, 11) is 0. The second-order valence-electron chi connectivity index (χ2n) is 6.43. The summed E-state index contributed by atoms with van der Waals surface area (Å²) in [5.41, 5.74) is 5.35. The number of benzene rings is 2. The third-order valence-electron chi connectivity index (χ3n) is 4.91. The topological polar surface area (TPSA) is 48.5 Å². The van der Waals surface area contributed by atoms with Crippen LogP contribution in [-0.2, 0) is 0 Å². The van der Waals surface area contributed by atoms with Crippen LogP contribution in [0.25, 0.3) is 10.2 Å². The van der Waals surface area contributed by atoms with Gasteiger partial charge in [0.1, 0.15) is 0 Å². The second-order valence-corrected chi connectivity index (χ2v) is 7.31. The van der Waals surface area contributed by atoms with Gasteiger partial charge in [0.2, 0.25) is 0 Å². The fourth-order valence-corrected chi connectivity index (χ4v) is 4.07. The summed E-state index contributed by atoms with van der Waals surface area (Å²) in [6.45, 7) is 7.36. The van der Waals surface area contributed by atoms with Gasteiger partial charge in [-0.3, -0.25) is 4.79 Å². The molecular weight excluding hydrogens is 344 g/mol. The Morgan fingerprint density at radius 1 is 1.15 bits per heavy atom. The number of anilines is 2. The van der Waals surface area contributed by atoms with Crippen molar-refractivity contribution in [1.29, 1.82) is 0 Å². The molecule has 2 aromatic carbocycles. The van der Waals surface area contributed by atoms with E-state index in [0.717, 1.165) is 54.3 Å². The van der Waals surface area contributed by atoms with Crippen LogP contribution in [0.3, 0.4) is 0 Å². The minimum atomic E-state index is -0.0834. The van der Waals surface area contributed by atoms with Gasteiger partial charge in [-0.25, -0.2) is 4.98 Å². The highest BCUT2D eigenvalue weighted by atomic mass is 32.1. The van der Waals surface area contributed by atoms with Gasteiger partial charge in [-0.05, 0) is 36.9 Å². The molecule has 5 nitrogen and oxygen atoms in total. The first-order valence-corrected chi connectivity index (χ1v) is 9.83. The van der Waals surface area contributed by atoms with E-state index in [0.29, 0.717) is 5.56 Å². The van der Waals surface area contributed by atoms with Gasteiger partial charge in [0.05, 0.1) is 27.1 Å². The van der Waals surface area contributed by atoms with Crippen molar-refractivity contribution < 1.29 is 4.79 Å². The maximum absolute atomic E-state index is 12.8. The molecular formula is C20H22N4OS. The molecule has 1 aliphatic rings. The van der Waals surface area contributed by atoms with Crippen LogP contribution in [0.5, 0.6) is 0 Å². The highest BCUT2D eigenvalue weighted by Crippen LogP contribution is 2.27. The highest BCUT2D eigenvalue weighted by Gasteiger charge is 2.19. The Labute approximate surface area is 157 Å². The van der Waals surface area contributed by atoms with Crippen LogP contribution in [-0.4, -0.2) is 48.5 Å². The van der Waals surface area contributed by atoms with E-state index < -0.39 is 0 Å². The van der Waals surface area contributed by atoms with E-state index in [1.807, 2.05) is 36.4 Å². The average Bonchev–Trinajstić information content (AvgIpc) is 3.16. The van der Waals surface area contributed by atoms with Crippen molar-refractivity contribution in [2.75, 3.05) is 42.9 Å². The molecule has 0 bridgehead atoms. The van der Waals surface area contributed by atoms with Gasteiger partial charge < -0.3 is 15.1 Å². The molecule has 3 aromatic rings. The number of rotatable bonds is 4. The fraction of sp³-hybridized carbons (Fsp3) is 0.300. The summed E-state index contributed by atoms with van der Waals surface area (Å²) in [6.07, 6.45) is 0. The molecule has 1 saturated heterocycles. The van der Waals surface area contributed by atoms with E-state index in [9.17, 15) is 4.79 Å². The molecule has 0 unspecified atom stereocenters. The van der Waals surface area contributed by atoms with Crippen molar-refractivity contribution in [2.45, 2.75) is 6.92 Å². The molecule has 1 aromatic heterocycles. The molecule has 1 amide bonds. The van der Waals surface area contributed by atoms with Crippen LogP contribution in [0.1, 0.15) is 17.3 Å². The Hall–Kier alpha value is -2.44. The van der Waals surface area contributed by atoms with Crippen LogP contribution < -0.4 is 10.2 Å². The monoisotopic (exact) mass is 366 g/mol. The van der Waals surface area contributed by atoms with Gasteiger partial charge in [0.25, 0.3) is 5.91 Å². The highest BCUT2D eigenvalue weighted by molar-refractivity contribution is 7.16. The molecule has 4 rings (SSSR count). The average molecular weight is 366 g/mol. The van der Waals surface area contributed by atoms with Crippen LogP contribution in [0.4, 0.5) is 11.4 Å². The molecule has 1 aliphatic heterocycles. The molecule has 134 valence electrons. The van der Waals surface area contributed by atoms with Crippen LogP contribution in [0, 0.1) is 0 Å². The smallest absolute Gasteiger partial charge is 0.255 e. The number of fused-ring (bicyclic) bond motifs is 1. The molecule has 26 heavy (non-hydrogen) atoms. The zero-order chi connectivity index (χ0) is 17.9. The van der Waals surface area contributed by atoms with E-state index in [-0.39, 0.29) is 5.91 Å². The quantitative estimate of drug-likeness (QED) is 0.765. The SMILES string of the molecule is CCN1CCN(c2ccccc2NC(=O)c2ccc3ncsc3c2)CC1. The van der Waals surface area contributed by atoms with Crippen molar-refractivity contribution in [2.24, 2.45) is 0 Å². The molecule has 0 atom stereocenters. The Morgan fingerprint density at radius 2 is 1.96 bits per heavy atom. The summed E-state index contributed by atoms with van der Waals surface area (Å²) in [5, 5.41) is 3.10. The maximum atomic E-state index is 12.8. The zero-order valence-electron chi connectivity index (χ0n) is 14.8. The Kier molecular flexibility index (Phi) is 4.86. The van der Waals surface area contributed by atoms with Gasteiger partial charge in [-0.15, -0.1) is 11.3 Å². The molecule has 6 heteroatoms. The van der Waals surface area contributed by atoms with Crippen molar-refractivity contribution in [3.8, 4) is 0 Å². The molecule has 0 spiro atoms. The molecule has 0 radical (unpaired) electrons. The normalized spacial score (nSPS) is 15.3. The first-order valence-electron chi connectivity index (χ1n) is 8.95. The number of aromatic nitrogens is 1. The second kappa shape index (κ2) is 7.43. The molecule has 0 saturated carbocycles. The molecule has 1 fully saturated rings. The number of piperazine rings is 1. The van der Waals surface area contributed by atoms with Gasteiger partial charge in [0, 0.05) is 31.7 Å². The van der Waals surface area contributed by atoms with E-state index in [4.69, 9.17) is 0 Å². The molecule has 0 aliphatic carbocycles. The van der Waals surface area contributed by atoms with Crippen LogP contribution in [0.2, 0.25) is 0 Å². The van der Waals surface area contributed by atoms with Crippen molar-refractivity contribution in [3.63, 3.8) is 0 Å². The van der Waals surface area contributed by atoms with Crippen molar-refractivity contribution in [1.82, 2.24) is 9.88 Å². The number of nitrogens with one attached hydrogen (secondary N) is 1.